The van der Waals surface area contributed by atoms with E-state index in [0.29, 0.717) is 0 Å². The van der Waals surface area contributed by atoms with E-state index in [1.807, 2.05) is 0 Å². The number of carbonyl (C=O) groups excluding carboxylic acids is 1. The normalized spacial score (nSPS) is 18.9. The molecule has 1 atom stereocenters. The first-order valence-electron chi connectivity index (χ1n) is 6.06. The van der Waals surface area contributed by atoms with Gasteiger partial charge in [0.05, 0.1) is 13.2 Å². The Kier molecular flexibility index (Phi) is 4.29. The molecule has 2 N–H and O–H groups in total. The number of ether oxygens (including phenoxy) is 1. The third-order valence-electron chi connectivity index (χ3n) is 3.17. The molecule has 0 bridgehead atoms. The number of nitrogens with zero attached hydrogens (tertiary/aromatic N) is 1. The van der Waals surface area contributed by atoms with Gasteiger partial charge in [0.25, 0.3) is 5.91 Å². The van der Waals surface area contributed by atoms with Crippen molar-refractivity contribution in [2.45, 2.75) is 13.0 Å². The largest absolute Gasteiger partial charge is 0.391 e. The minimum Gasteiger partial charge on any atom is -0.391 e. The highest BCUT2D eigenvalue weighted by Gasteiger charge is 2.30. The summed E-state index contributed by atoms with van der Waals surface area (Å²) in [7, 11) is 0. The van der Waals surface area contributed by atoms with Gasteiger partial charge in [0.1, 0.15) is 28.3 Å². The van der Waals surface area contributed by atoms with E-state index < -0.39 is 29.2 Å². The van der Waals surface area contributed by atoms with Crippen LogP contribution in [0.4, 0.5) is 8.78 Å². The van der Waals surface area contributed by atoms with Crippen molar-refractivity contribution in [3.05, 3.63) is 34.9 Å². The molecule has 1 fully saturated rings. The SMILES string of the molecule is Cc1ccc(F)c(C(=O)N2CCOC(C(N)=S)C2)c1F. The number of amides is 1. The number of aryl methyl sites for hydroxylation is 1. The Hall–Kier alpha value is -1.60. The van der Waals surface area contributed by atoms with Crippen molar-refractivity contribution in [1.82, 2.24) is 4.90 Å². The van der Waals surface area contributed by atoms with E-state index in [9.17, 15) is 13.6 Å². The highest BCUT2D eigenvalue weighted by atomic mass is 32.1. The molecule has 2 rings (SSSR count). The van der Waals surface area contributed by atoms with Crippen LogP contribution in [0.3, 0.4) is 0 Å². The van der Waals surface area contributed by atoms with Crippen LogP contribution in [0.15, 0.2) is 12.1 Å². The average molecular weight is 300 g/mol. The minimum atomic E-state index is -0.878. The molecule has 1 aliphatic heterocycles. The number of hydrogen-bond acceptors (Lipinski definition) is 3. The molecule has 1 saturated heterocycles. The molecule has 108 valence electrons. The fourth-order valence-corrected chi connectivity index (χ4v) is 2.16. The fraction of sp³-hybridized carbons (Fsp3) is 0.385. The highest BCUT2D eigenvalue weighted by molar-refractivity contribution is 7.80. The molecule has 0 saturated carbocycles. The maximum absolute atomic E-state index is 14.0. The first-order chi connectivity index (χ1) is 9.41. The number of benzene rings is 1. The van der Waals surface area contributed by atoms with Gasteiger partial charge in [-0.3, -0.25) is 4.79 Å². The fourth-order valence-electron chi connectivity index (χ4n) is 2.02. The van der Waals surface area contributed by atoms with Gasteiger partial charge < -0.3 is 15.4 Å². The number of halogens is 2. The van der Waals surface area contributed by atoms with Crippen LogP contribution in [0, 0.1) is 18.6 Å². The van der Waals surface area contributed by atoms with Gasteiger partial charge in [-0.25, -0.2) is 8.78 Å². The second-order valence-corrected chi connectivity index (χ2v) is 5.04. The number of nitrogens with two attached hydrogens (primary N) is 1. The molecule has 1 amide bonds. The zero-order valence-corrected chi connectivity index (χ0v) is 11.7. The molecule has 0 aliphatic carbocycles. The second kappa shape index (κ2) is 5.80. The molecule has 4 nitrogen and oxygen atoms in total. The Bertz CT molecular complexity index is 566. The van der Waals surface area contributed by atoms with Gasteiger partial charge in [0, 0.05) is 6.54 Å². The Morgan fingerprint density at radius 1 is 1.50 bits per heavy atom. The van der Waals surface area contributed by atoms with E-state index in [-0.39, 0.29) is 30.2 Å². The summed E-state index contributed by atoms with van der Waals surface area (Å²) in [5.41, 5.74) is 5.14. The summed E-state index contributed by atoms with van der Waals surface area (Å²) < 4.78 is 33.0. The lowest BCUT2D eigenvalue weighted by Crippen LogP contribution is -2.50. The number of thiocarbonyl (C=S) groups is 1. The van der Waals surface area contributed by atoms with Crippen LogP contribution >= 0.6 is 12.2 Å². The maximum Gasteiger partial charge on any atom is 0.260 e. The van der Waals surface area contributed by atoms with Crippen LogP contribution in [-0.2, 0) is 4.74 Å². The Morgan fingerprint density at radius 2 is 2.20 bits per heavy atom. The van der Waals surface area contributed by atoms with Gasteiger partial charge in [-0.05, 0) is 18.6 Å². The van der Waals surface area contributed by atoms with Crippen LogP contribution in [0.2, 0.25) is 0 Å². The van der Waals surface area contributed by atoms with E-state index in [4.69, 9.17) is 22.7 Å². The molecule has 20 heavy (non-hydrogen) atoms. The monoisotopic (exact) mass is 300 g/mol. The molecule has 1 heterocycles. The number of morpholine rings is 1. The summed E-state index contributed by atoms with van der Waals surface area (Å²) >= 11 is 4.81. The van der Waals surface area contributed by atoms with Crippen molar-refractivity contribution in [2.24, 2.45) is 5.73 Å². The lowest BCUT2D eigenvalue weighted by Gasteiger charge is -2.32. The second-order valence-electron chi connectivity index (χ2n) is 4.57. The molecule has 0 spiro atoms. The van der Waals surface area contributed by atoms with Crippen molar-refractivity contribution >= 4 is 23.1 Å². The van der Waals surface area contributed by atoms with Crippen LogP contribution in [-0.4, -0.2) is 41.6 Å². The van der Waals surface area contributed by atoms with Crippen LogP contribution in [0.1, 0.15) is 15.9 Å². The maximum atomic E-state index is 14.0. The smallest absolute Gasteiger partial charge is 0.260 e. The average Bonchev–Trinajstić information content (AvgIpc) is 2.43. The zero-order valence-electron chi connectivity index (χ0n) is 10.9. The van der Waals surface area contributed by atoms with Gasteiger partial charge >= 0.3 is 0 Å². The Labute approximate surface area is 120 Å². The lowest BCUT2D eigenvalue weighted by atomic mass is 10.1. The van der Waals surface area contributed by atoms with Crippen molar-refractivity contribution in [3.63, 3.8) is 0 Å². The summed E-state index contributed by atoms with van der Waals surface area (Å²) in [5, 5.41) is 0. The Balaban J connectivity index is 2.28. The predicted octanol–water partition coefficient (Wildman–Crippen LogP) is 1.40. The van der Waals surface area contributed by atoms with Gasteiger partial charge in [0.2, 0.25) is 0 Å². The van der Waals surface area contributed by atoms with E-state index in [1.165, 1.54) is 17.9 Å². The highest BCUT2D eigenvalue weighted by Crippen LogP contribution is 2.19. The molecule has 1 unspecified atom stereocenters. The quantitative estimate of drug-likeness (QED) is 0.839. The minimum absolute atomic E-state index is 0.0982. The first kappa shape index (κ1) is 14.8. The zero-order chi connectivity index (χ0) is 14.9. The van der Waals surface area contributed by atoms with Gasteiger partial charge in [0.15, 0.2) is 0 Å². The van der Waals surface area contributed by atoms with Crippen LogP contribution in [0.25, 0.3) is 0 Å². The van der Waals surface area contributed by atoms with E-state index in [2.05, 4.69) is 0 Å². The third-order valence-corrected chi connectivity index (χ3v) is 3.43. The molecular weight excluding hydrogens is 286 g/mol. The standard InChI is InChI=1S/C13H14F2N2O2S/c1-7-2-3-8(14)10(11(7)15)13(18)17-4-5-19-9(6-17)12(16)20/h2-3,9H,4-6H2,1H3,(H2,16,20). The molecule has 1 aromatic rings. The van der Waals surface area contributed by atoms with E-state index in [0.717, 1.165) is 6.07 Å². The summed E-state index contributed by atoms with van der Waals surface area (Å²) in [4.78, 5) is 13.7. The van der Waals surface area contributed by atoms with Crippen molar-refractivity contribution in [1.29, 1.82) is 0 Å². The number of hydrogen-bond donors (Lipinski definition) is 1. The lowest BCUT2D eigenvalue weighted by molar-refractivity contribution is 0.00831. The third kappa shape index (κ3) is 2.78. The van der Waals surface area contributed by atoms with Crippen LogP contribution in [0.5, 0.6) is 0 Å². The summed E-state index contributed by atoms with van der Waals surface area (Å²) in [6, 6.07) is 2.37. The van der Waals surface area contributed by atoms with Gasteiger partial charge in [-0.15, -0.1) is 0 Å². The number of rotatable bonds is 2. The molecule has 0 aromatic heterocycles. The Morgan fingerprint density at radius 3 is 2.85 bits per heavy atom. The van der Waals surface area contributed by atoms with Crippen molar-refractivity contribution in [3.8, 4) is 0 Å². The van der Waals surface area contributed by atoms with Crippen molar-refractivity contribution < 1.29 is 18.3 Å². The molecule has 1 aliphatic rings. The molecular formula is C13H14F2N2O2S. The van der Waals surface area contributed by atoms with Crippen molar-refractivity contribution in [2.75, 3.05) is 19.7 Å². The molecule has 7 heteroatoms. The van der Waals surface area contributed by atoms with Gasteiger partial charge in [-0.2, -0.15) is 0 Å². The number of carbonyl (C=O) groups is 1. The topological polar surface area (TPSA) is 55.6 Å². The molecule has 1 aromatic carbocycles. The van der Waals surface area contributed by atoms with Crippen LogP contribution < -0.4 is 5.73 Å². The summed E-state index contributed by atoms with van der Waals surface area (Å²) in [6.45, 7) is 2.04. The van der Waals surface area contributed by atoms with E-state index >= 15 is 0 Å². The van der Waals surface area contributed by atoms with Gasteiger partial charge in [-0.1, -0.05) is 18.3 Å². The summed E-state index contributed by atoms with van der Waals surface area (Å²) in [6.07, 6.45) is -0.585. The predicted molar refractivity (Wildman–Crippen MR) is 73.5 cm³/mol. The van der Waals surface area contributed by atoms with E-state index in [1.54, 1.807) is 0 Å². The molecule has 0 radical (unpaired) electrons. The summed E-state index contributed by atoms with van der Waals surface area (Å²) in [5.74, 6) is -2.43. The first-order valence-corrected chi connectivity index (χ1v) is 6.47.